The molecule has 0 heterocycles. The van der Waals surface area contributed by atoms with Crippen molar-refractivity contribution in [1.82, 2.24) is 10.2 Å². The smallest absolute Gasteiger partial charge is 0.00472 e. The highest BCUT2D eigenvalue weighted by atomic mass is 15.1. The first-order valence-electron chi connectivity index (χ1n) is 7.52. The molecular formula is C17H28N2. The third kappa shape index (κ3) is 4.05. The molecule has 1 aliphatic carbocycles. The number of aryl methyl sites for hydroxylation is 1. The molecule has 0 saturated heterocycles. The van der Waals surface area contributed by atoms with Crippen LogP contribution in [0.3, 0.4) is 0 Å². The Labute approximate surface area is 118 Å². The molecule has 2 rings (SSSR count). The van der Waals surface area contributed by atoms with E-state index in [1.807, 2.05) is 0 Å². The quantitative estimate of drug-likeness (QED) is 0.811. The first-order chi connectivity index (χ1) is 9.13. The minimum Gasteiger partial charge on any atom is -0.319 e. The maximum absolute atomic E-state index is 3.37. The molecule has 1 aliphatic rings. The Balaban J connectivity index is 1.79. The number of nitrogens with one attached hydrogen (secondary N) is 1. The largest absolute Gasteiger partial charge is 0.319 e. The molecule has 1 aromatic carbocycles. The summed E-state index contributed by atoms with van der Waals surface area (Å²) < 4.78 is 0. The third-order valence-electron chi connectivity index (χ3n) is 4.44. The van der Waals surface area contributed by atoms with Gasteiger partial charge in [0.05, 0.1) is 0 Å². The van der Waals surface area contributed by atoms with E-state index in [-0.39, 0.29) is 0 Å². The number of benzene rings is 1. The number of hydrogen-bond donors (Lipinski definition) is 1. The molecule has 0 atom stereocenters. The average Bonchev–Trinajstić information content (AvgIpc) is 2.34. The Morgan fingerprint density at radius 3 is 2.68 bits per heavy atom. The van der Waals surface area contributed by atoms with Gasteiger partial charge in [-0.15, -0.1) is 0 Å². The zero-order valence-electron chi connectivity index (χ0n) is 12.7. The van der Waals surface area contributed by atoms with Crippen molar-refractivity contribution >= 4 is 0 Å². The SMILES string of the molecule is CNCC1(CN(C)CCc2cccc(C)c2)CCC1. The fourth-order valence-corrected chi connectivity index (χ4v) is 3.28. The summed E-state index contributed by atoms with van der Waals surface area (Å²) in [6.45, 7) is 5.74. The molecule has 1 fully saturated rings. The standard InChI is InChI=1S/C17H28N2/c1-15-6-4-7-16(12-15)8-11-19(3)14-17(13-18-2)9-5-10-17/h4,6-7,12,18H,5,8-11,13-14H2,1-3H3. The predicted molar refractivity (Wildman–Crippen MR) is 82.6 cm³/mol. The summed E-state index contributed by atoms with van der Waals surface area (Å²) in [4.78, 5) is 2.51. The van der Waals surface area contributed by atoms with E-state index in [4.69, 9.17) is 0 Å². The van der Waals surface area contributed by atoms with E-state index in [1.165, 1.54) is 43.5 Å². The Morgan fingerprint density at radius 2 is 2.11 bits per heavy atom. The molecule has 0 spiro atoms. The Bertz CT molecular complexity index is 396. The van der Waals surface area contributed by atoms with Crippen LogP contribution in [0.4, 0.5) is 0 Å². The molecule has 0 aliphatic heterocycles. The van der Waals surface area contributed by atoms with Gasteiger partial charge in [0.25, 0.3) is 0 Å². The van der Waals surface area contributed by atoms with Crippen LogP contribution in [0.2, 0.25) is 0 Å². The van der Waals surface area contributed by atoms with E-state index >= 15 is 0 Å². The number of nitrogens with zero attached hydrogens (tertiary/aromatic N) is 1. The van der Waals surface area contributed by atoms with Crippen molar-refractivity contribution in [3.05, 3.63) is 35.4 Å². The van der Waals surface area contributed by atoms with Crippen molar-refractivity contribution in [1.29, 1.82) is 0 Å². The molecule has 0 amide bonds. The van der Waals surface area contributed by atoms with Crippen molar-refractivity contribution in [2.45, 2.75) is 32.6 Å². The Kier molecular flexibility index (Phi) is 5.00. The van der Waals surface area contributed by atoms with Crippen molar-refractivity contribution in [2.75, 3.05) is 33.7 Å². The number of likely N-dealkylation sites (N-methyl/N-ethyl adjacent to an activating group) is 1. The predicted octanol–water partition coefficient (Wildman–Crippen LogP) is 2.86. The highest BCUT2D eigenvalue weighted by Gasteiger charge is 2.36. The first-order valence-corrected chi connectivity index (χ1v) is 7.52. The second kappa shape index (κ2) is 6.53. The Morgan fingerprint density at radius 1 is 1.32 bits per heavy atom. The lowest BCUT2D eigenvalue weighted by Crippen LogP contribution is -2.47. The summed E-state index contributed by atoms with van der Waals surface area (Å²) in [5.41, 5.74) is 3.38. The molecule has 2 heteroatoms. The van der Waals surface area contributed by atoms with Crippen LogP contribution in [-0.4, -0.2) is 38.6 Å². The second-order valence-corrected chi connectivity index (χ2v) is 6.36. The summed E-state index contributed by atoms with van der Waals surface area (Å²) in [5, 5.41) is 3.37. The highest BCUT2D eigenvalue weighted by Crippen LogP contribution is 2.40. The second-order valence-electron chi connectivity index (χ2n) is 6.36. The topological polar surface area (TPSA) is 15.3 Å². The van der Waals surface area contributed by atoms with Gasteiger partial charge in [0.15, 0.2) is 0 Å². The van der Waals surface area contributed by atoms with Gasteiger partial charge in [-0.3, -0.25) is 0 Å². The fourth-order valence-electron chi connectivity index (χ4n) is 3.28. The normalized spacial score (nSPS) is 17.5. The van der Waals surface area contributed by atoms with Crippen LogP contribution in [0.5, 0.6) is 0 Å². The van der Waals surface area contributed by atoms with Crippen LogP contribution in [0.1, 0.15) is 30.4 Å². The van der Waals surface area contributed by atoms with Gasteiger partial charge < -0.3 is 10.2 Å². The molecule has 0 radical (unpaired) electrons. The molecule has 0 unspecified atom stereocenters. The lowest BCUT2D eigenvalue weighted by Gasteiger charge is -2.44. The van der Waals surface area contributed by atoms with Gasteiger partial charge in [0.1, 0.15) is 0 Å². The average molecular weight is 260 g/mol. The van der Waals surface area contributed by atoms with Crippen LogP contribution in [0.25, 0.3) is 0 Å². The summed E-state index contributed by atoms with van der Waals surface area (Å²) in [5.74, 6) is 0. The summed E-state index contributed by atoms with van der Waals surface area (Å²) in [6.07, 6.45) is 5.35. The lowest BCUT2D eigenvalue weighted by molar-refractivity contribution is 0.0803. The van der Waals surface area contributed by atoms with Crippen molar-refractivity contribution in [2.24, 2.45) is 5.41 Å². The zero-order valence-corrected chi connectivity index (χ0v) is 12.7. The molecule has 0 bridgehead atoms. The van der Waals surface area contributed by atoms with Crippen LogP contribution in [0, 0.1) is 12.3 Å². The molecule has 19 heavy (non-hydrogen) atoms. The number of hydrogen-bond acceptors (Lipinski definition) is 2. The minimum absolute atomic E-state index is 0.552. The van der Waals surface area contributed by atoms with Gasteiger partial charge >= 0.3 is 0 Å². The summed E-state index contributed by atoms with van der Waals surface area (Å²) in [7, 11) is 4.35. The van der Waals surface area contributed by atoms with E-state index in [0.29, 0.717) is 5.41 Å². The molecule has 1 aromatic rings. The van der Waals surface area contributed by atoms with E-state index in [0.717, 1.165) is 13.0 Å². The molecule has 1 N–H and O–H groups in total. The van der Waals surface area contributed by atoms with Gasteiger partial charge in [0.2, 0.25) is 0 Å². The van der Waals surface area contributed by atoms with Crippen LogP contribution in [-0.2, 0) is 6.42 Å². The third-order valence-corrected chi connectivity index (χ3v) is 4.44. The lowest BCUT2D eigenvalue weighted by atomic mass is 9.68. The van der Waals surface area contributed by atoms with Crippen molar-refractivity contribution in [3.8, 4) is 0 Å². The van der Waals surface area contributed by atoms with E-state index < -0.39 is 0 Å². The van der Waals surface area contributed by atoms with E-state index in [2.05, 4.69) is 55.5 Å². The Hall–Kier alpha value is -0.860. The van der Waals surface area contributed by atoms with Crippen molar-refractivity contribution < 1.29 is 0 Å². The zero-order chi connectivity index (χ0) is 13.7. The molecular weight excluding hydrogens is 232 g/mol. The van der Waals surface area contributed by atoms with E-state index in [1.54, 1.807) is 0 Å². The summed E-state index contributed by atoms with van der Waals surface area (Å²) in [6, 6.07) is 8.89. The first kappa shape index (κ1) is 14.5. The van der Waals surface area contributed by atoms with Crippen LogP contribution < -0.4 is 5.32 Å². The van der Waals surface area contributed by atoms with Gasteiger partial charge in [-0.1, -0.05) is 36.2 Å². The summed E-state index contributed by atoms with van der Waals surface area (Å²) >= 11 is 0. The van der Waals surface area contributed by atoms with E-state index in [9.17, 15) is 0 Å². The number of rotatable bonds is 7. The molecule has 106 valence electrons. The van der Waals surface area contributed by atoms with Crippen LogP contribution in [0.15, 0.2) is 24.3 Å². The van der Waals surface area contributed by atoms with Gasteiger partial charge in [-0.05, 0) is 51.3 Å². The molecule has 0 aromatic heterocycles. The maximum Gasteiger partial charge on any atom is 0.00472 e. The maximum atomic E-state index is 3.37. The van der Waals surface area contributed by atoms with Gasteiger partial charge in [-0.2, -0.15) is 0 Å². The van der Waals surface area contributed by atoms with Crippen LogP contribution >= 0.6 is 0 Å². The molecule has 1 saturated carbocycles. The highest BCUT2D eigenvalue weighted by molar-refractivity contribution is 5.22. The molecule has 2 nitrogen and oxygen atoms in total. The minimum atomic E-state index is 0.552. The monoisotopic (exact) mass is 260 g/mol. The fraction of sp³-hybridized carbons (Fsp3) is 0.647. The van der Waals surface area contributed by atoms with Gasteiger partial charge in [0, 0.05) is 19.6 Å². The van der Waals surface area contributed by atoms with Crippen molar-refractivity contribution in [3.63, 3.8) is 0 Å². The van der Waals surface area contributed by atoms with Gasteiger partial charge in [-0.25, -0.2) is 0 Å².